The minimum Gasteiger partial charge on any atom is -0.385 e. The Labute approximate surface area is 118 Å². The van der Waals surface area contributed by atoms with Gasteiger partial charge in [-0.3, -0.25) is 0 Å². The van der Waals surface area contributed by atoms with Gasteiger partial charge in [-0.25, -0.2) is 4.39 Å². The van der Waals surface area contributed by atoms with Crippen LogP contribution >= 0.6 is 0 Å². The Morgan fingerprint density at radius 3 is 2.40 bits per heavy atom. The lowest BCUT2D eigenvalue weighted by Gasteiger charge is -2.24. The van der Waals surface area contributed by atoms with Crippen LogP contribution in [0.5, 0.6) is 0 Å². The summed E-state index contributed by atoms with van der Waals surface area (Å²) in [5.74, 6) is -0.315. The summed E-state index contributed by atoms with van der Waals surface area (Å²) < 4.78 is 19.3. The largest absolute Gasteiger partial charge is 0.385 e. The van der Waals surface area contributed by atoms with E-state index < -0.39 is 12.2 Å². The third kappa shape index (κ3) is 3.24. The van der Waals surface area contributed by atoms with Gasteiger partial charge in [0.2, 0.25) is 0 Å². The Balaban J connectivity index is 2.31. The first kappa shape index (κ1) is 14.7. The molecule has 0 radical (unpaired) electrons. The van der Waals surface area contributed by atoms with Crippen LogP contribution in [0.25, 0.3) is 0 Å². The number of hydrogen-bond donors (Lipinski definition) is 1. The van der Waals surface area contributed by atoms with Crippen LogP contribution in [0.3, 0.4) is 0 Å². The molecule has 0 saturated carbocycles. The quantitative estimate of drug-likeness (QED) is 0.894. The standard InChI is InChI=1S/C17H19FO2/c1-3-20-17(13-7-5-4-6-8-13)16(19)14-10-9-12(2)15(18)11-14/h4-11,16-17,19H,3H2,1-2H3. The van der Waals surface area contributed by atoms with Gasteiger partial charge >= 0.3 is 0 Å². The zero-order chi connectivity index (χ0) is 14.5. The SMILES string of the molecule is CCOC(c1ccccc1)C(O)c1ccc(C)c(F)c1. The molecule has 1 N–H and O–H groups in total. The average molecular weight is 274 g/mol. The molecule has 2 atom stereocenters. The van der Waals surface area contributed by atoms with E-state index >= 15 is 0 Å². The second-order valence-corrected chi connectivity index (χ2v) is 4.74. The topological polar surface area (TPSA) is 29.5 Å². The molecule has 2 rings (SSSR count). The molecular weight excluding hydrogens is 255 g/mol. The number of benzene rings is 2. The normalized spacial score (nSPS) is 14.0. The van der Waals surface area contributed by atoms with E-state index in [0.717, 1.165) is 5.56 Å². The summed E-state index contributed by atoms with van der Waals surface area (Å²) in [6, 6.07) is 14.3. The molecule has 106 valence electrons. The molecule has 0 heterocycles. The van der Waals surface area contributed by atoms with Crippen LogP contribution < -0.4 is 0 Å². The summed E-state index contributed by atoms with van der Waals surface area (Å²) >= 11 is 0. The van der Waals surface area contributed by atoms with Gasteiger partial charge in [0, 0.05) is 6.61 Å². The van der Waals surface area contributed by atoms with E-state index in [9.17, 15) is 9.50 Å². The Morgan fingerprint density at radius 2 is 1.80 bits per heavy atom. The molecule has 2 nitrogen and oxygen atoms in total. The van der Waals surface area contributed by atoms with Gasteiger partial charge < -0.3 is 9.84 Å². The van der Waals surface area contributed by atoms with E-state index in [4.69, 9.17) is 4.74 Å². The Bertz CT molecular complexity index is 554. The lowest BCUT2D eigenvalue weighted by atomic mass is 9.97. The van der Waals surface area contributed by atoms with Crippen LogP contribution in [0.15, 0.2) is 48.5 Å². The average Bonchev–Trinajstić information content (AvgIpc) is 2.48. The van der Waals surface area contributed by atoms with Crippen LogP contribution in [0.4, 0.5) is 4.39 Å². The maximum Gasteiger partial charge on any atom is 0.126 e. The van der Waals surface area contributed by atoms with Crippen LogP contribution in [-0.2, 0) is 4.74 Å². The fraction of sp³-hybridized carbons (Fsp3) is 0.294. The van der Waals surface area contributed by atoms with Gasteiger partial charge in [0.1, 0.15) is 18.0 Å². The second-order valence-electron chi connectivity index (χ2n) is 4.74. The highest BCUT2D eigenvalue weighted by molar-refractivity contribution is 5.28. The van der Waals surface area contributed by atoms with Crippen LogP contribution in [0, 0.1) is 12.7 Å². The van der Waals surface area contributed by atoms with Crippen LogP contribution in [-0.4, -0.2) is 11.7 Å². The molecule has 0 spiro atoms. The number of hydrogen-bond acceptors (Lipinski definition) is 2. The van der Waals surface area contributed by atoms with Crippen molar-refractivity contribution in [1.82, 2.24) is 0 Å². The third-order valence-electron chi connectivity index (χ3n) is 3.30. The molecule has 0 fully saturated rings. The molecule has 0 amide bonds. The summed E-state index contributed by atoms with van der Waals surface area (Å²) in [5, 5.41) is 10.5. The molecule has 0 aliphatic rings. The van der Waals surface area contributed by atoms with E-state index in [0.29, 0.717) is 17.7 Å². The van der Waals surface area contributed by atoms with E-state index in [1.165, 1.54) is 6.07 Å². The highest BCUT2D eigenvalue weighted by atomic mass is 19.1. The molecule has 0 saturated heterocycles. The zero-order valence-corrected chi connectivity index (χ0v) is 11.7. The minimum atomic E-state index is -0.896. The highest BCUT2D eigenvalue weighted by Crippen LogP contribution is 2.32. The zero-order valence-electron chi connectivity index (χ0n) is 11.7. The number of ether oxygens (including phenoxy) is 1. The first-order chi connectivity index (χ1) is 9.63. The predicted octanol–water partition coefficient (Wildman–Crippen LogP) is 3.95. The van der Waals surface area contributed by atoms with Crippen LogP contribution in [0.1, 0.15) is 35.8 Å². The molecule has 0 aliphatic heterocycles. The number of aliphatic hydroxyl groups is 1. The van der Waals surface area contributed by atoms with E-state index in [1.54, 1.807) is 19.1 Å². The van der Waals surface area contributed by atoms with Gasteiger partial charge in [-0.2, -0.15) is 0 Å². The van der Waals surface area contributed by atoms with Crippen molar-refractivity contribution in [1.29, 1.82) is 0 Å². The maximum absolute atomic E-state index is 13.6. The first-order valence-electron chi connectivity index (χ1n) is 6.74. The van der Waals surface area contributed by atoms with Crippen molar-refractivity contribution >= 4 is 0 Å². The lowest BCUT2D eigenvalue weighted by Crippen LogP contribution is -2.15. The number of halogens is 1. The van der Waals surface area contributed by atoms with Gasteiger partial charge in [0.05, 0.1) is 0 Å². The molecule has 0 aromatic heterocycles. The number of rotatable bonds is 5. The van der Waals surface area contributed by atoms with Crippen molar-refractivity contribution in [3.63, 3.8) is 0 Å². The van der Waals surface area contributed by atoms with E-state index in [-0.39, 0.29) is 5.82 Å². The first-order valence-corrected chi connectivity index (χ1v) is 6.74. The van der Waals surface area contributed by atoms with Gasteiger partial charge in [-0.15, -0.1) is 0 Å². The second kappa shape index (κ2) is 6.64. The van der Waals surface area contributed by atoms with Gasteiger partial charge in [-0.05, 0) is 36.6 Å². The predicted molar refractivity (Wildman–Crippen MR) is 76.9 cm³/mol. The molecule has 2 unspecified atom stereocenters. The highest BCUT2D eigenvalue weighted by Gasteiger charge is 2.23. The maximum atomic E-state index is 13.6. The molecule has 2 aromatic rings. The molecular formula is C17H19FO2. The Kier molecular flexibility index (Phi) is 4.88. The Morgan fingerprint density at radius 1 is 1.10 bits per heavy atom. The molecule has 0 aliphatic carbocycles. The molecule has 0 bridgehead atoms. The fourth-order valence-corrected chi connectivity index (χ4v) is 2.16. The van der Waals surface area contributed by atoms with E-state index in [2.05, 4.69) is 0 Å². The van der Waals surface area contributed by atoms with E-state index in [1.807, 2.05) is 37.3 Å². The van der Waals surface area contributed by atoms with Crippen molar-refractivity contribution < 1.29 is 14.2 Å². The molecule has 2 aromatic carbocycles. The van der Waals surface area contributed by atoms with Crippen molar-refractivity contribution in [2.75, 3.05) is 6.61 Å². The third-order valence-corrected chi connectivity index (χ3v) is 3.30. The van der Waals surface area contributed by atoms with Crippen molar-refractivity contribution in [2.24, 2.45) is 0 Å². The number of aliphatic hydroxyl groups excluding tert-OH is 1. The van der Waals surface area contributed by atoms with Gasteiger partial charge in [-0.1, -0.05) is 42.5 Å². The molecule has 3 heteroatoms. The van der Waals surface area contributed by atoms with Crippen LogP contribution in [0.2, 0.25) is 0 Å². The molecule has 20 heavy (non-hydrogen) atoms. The number of aryl methyl sites for hydroxylation is 1. The summed E-state index contributed by atoms with van der Waals surface area (Å²) in [7, 11) is 0. The monoisotopic (exact) mass is 274 g/mol. The minimum absolute atomic E-state index is 0.315. The summed E-state index contributed by atoms with van der Waals surface area (Å²) in [6.07, 6.45) is -1.39. The summed E-state index contributed by atoms with van der Waals surface area (Å²) in [5.41, 5.74) is 1.96. The van der Waals surface area contributed by atoms with Gasteiger partial charge in [0.15, 0.2) is 0 Å². The Hall–Kier alpha value is -1.71. The summed E-state index contributed by atoms with van der Waals surface area (Å²) in [6.45, 7) is 4.05. The fourth-order valence-electron chi connectivity index (χ4n) is 2.16. The van der Waals surface area contributed by atoms with Gasteiger partial charge in [0.25, 0.3) is 0 Å². The smallest absolute Gasteiger partial charge is 0.126 e. The van der Waals surface area contributed by atoms with Crippen molar-refractivity contribution in [3.8, 4) is 0 Å². The van der Waals surface area contributed by atoms with Crippen molar-refractivity contribution in [3.05, 3.63) is 71.0 Å². The van der Waals surface area contributed by atoms with Crippen molar-refractivity contribution in [2.45, 2.75) is 26.1 Å². The summed E-state index contributed by atoms with van der Waals surface area (Å²) in [4.78, 5) is 0. The lowest BCUT2D eigenvalue weighted by molar-refractivity contribution is -0.0362.